The number of likely N-dealkylation sites (tertiary alicyclic amines) is 1. The Balaban J connectivity index is 0.000000190. The van der Waals surface area contributed by atoms with E-state index in [1.54, 1.807) is 0 Å². The number of hydrogen-bond donors (Lipinski definition) is 3. The van der Waals surface area contributed by atoms with Crippen LogP contribution in [0.2, 0.25) is 0 Å². The molecule has 0 saturated carbocycles. The summed E-state index contributed by atoms with van der Waals surface area (Å²) in [4.78, 5) is 40.7. The number of anilines is 1. The van der Waals surface area contributed by atoms with Crippen LogP contribution >= 0.6 is 0 Å². The van der Waals surface area contributed by atoms with E-state index in [4.69, 9.17) is 5.73 Å². The molecule has 0 radical (unpaired) electrons. The van der Waals surface area contributed by atoms with Crippen LogP contribution in [0.25, 0.3) is 10.9 Å². The average Bonchev–Trinajstić information content (AvgIpc) is 3.49. The number of aldehydes is 1. The molecule has 1 fully saturated rings. The number of amides is 2. The van der Waals surface area contributed by atoms with E-state index in [2.05, 4.69) is 66.6 Å². The average molecular weight is 612 g/mol. The summed E-state index contributed by atoms with van der Waals surface area (Å²) in [6, 6.07) is 26.0. The lowest BCUT2D eigenvalue weighted by Crippen LogP contribution is -2.38. The van der Waals surface area contributed by atoms with E-state index in [1.807, 2.05) is 66.7 Å². The third-order valence-electron chi connectivity index (χ3n) is 8.04. The minimum absolute atomic E-state index is 0.106. The van der Waals surface area contributed by atoms with Crippen molar-refractivity contribution in [3.05, 3.63) is 102 Å². The van der Waals surface area contributed by atoms with E-state index in [0.717, 1.165) is 56.3 Å². The van der Waals surface area contributed by atoms with E-state index >= 15 is 0 Å². The number of nitrogens with zero attached hydrogens (tertiary/aromatic N) is 2. The number of nitrogens with two attached hydrogens (primary N) is 1. The highest BCUT2D eigenvalue weighted by atomic mass is 16.2. The molecule has 1 atom stereocenters. The number of nitrogens with one attached hydrogen (secondary N) is 2. The minimum atomic E-state index is -0.234. The predicted octanol–water partition coefficient (Wildman–Crippen LogP) is 6.45. The third-order valence-corrected chi connectivity index (χ3v) is 8.04. The molecule has 8 nitrogen and oxygen atoms in total. The van der Waals surface area contributed by atoms with Gasteiger partial charge in [0.25, 0.3) is 5.91 Å². The van der Waals surface area contributed by atoms with Gasteiger partial charge in [0.2, 0.25) is 5.91 Å². The van der Waals surface area contributed by atoms with Gasteiger partial charge < -0.3 is 30.6 Å². The first-order valence-corrected chi connectivity index (χ1v) is 15.8. The minimum Gasteiger partial charge on any atom is -0.388 e. The molecule has 1 aromatic heterocycles. The number of aromatic nitrogens is 1. The molecule has 45 heavy (non-hydrogen) atoms. The molecule has 8 heteroatoms. The van der Waals surface area contributed by atoms with E-state index in [9.17, 15) is 14.4 Å². The molecule has 5 rings (SSSR count). The lowest BCUT2D eigenvalue weighted by molar-refractivity contribution is -0.118. The molecular formula is C37H49N5O3. The van der Waals surface area contributed by atoms with Gasteiger partial charge in [0, 0.05) is 67.9 Å². The molecule has 1 unspecified atom stereocenters. The molecule has 0 spiro atoms. The molecule has 240 valence electrons. The zero-order valence-electron chi connectivity index (χ0n) is 27.2. The van der Waals surface area contributed by atoms with Gasteiger partial charge in [-0.05, 0) is 86.7 Å². The summed E-state index contributed by atoms with van der Waals surface area (Å²) >= 11 is 0. The van der Waals surface area contributed by atoms with Crippen molar-refractivity contribution < 1.29 is 14.4 Å². The summed E-state index contributed by atoms with van der Waals surface area (Å²) in [6.45, 7) is 4.62. The highest BCUT2D eigenvalue weighted by Crippen LogP contribution is 2.26. The first kappa shape index (κ1) is 35.1. The fourth-order valence-corrected chi connectivity index (χ4v) is 5.50. The molecule has 3 aromatic carbocycles. The second-order valence-electron chi connectivity index (χ2n) is 11.9. The summed E-state index contributed by atoms with van der Waals surface area (Å²) in [5.74, 6) is 0.688. The van der Waals surface area contributed by atoms with Crippen LogP contribution in [0.15, 0.2) is 85.1 Å². The predicted molar refractivity (Wildman–Crippen MR) is 184 cm³/mol. The van der Waals surface area contributed by atoms with Gasteiger partial charge in [0.1, 0.15) is 6.29 Å². The Bertz CT molecular complexity index is 1480. The molecule has 1 saturated heterocycles. The number of carbonyl (C=O) groups excluding carboxylic acids is 3. The first-order valence-electron chi connectivity index (χ1n) is 15.8. The van der Waals surface area contributed by atoms with Gasteiger partial charge in [0.05, 0.1) is 0 Å². The maximum atomic E-state index is 12.2. The first-order chi connectivity index (χ1) is 21.7. The van der Waals surface area contributed by atoms with Crippen LogP contribution in [-0.2, 0) is 16.1 Å². The Morgan fingerprint density at radius 3 is 2.36 bits per heavy atom. The largest absolute Gasteiger partial charge is 0.388 e. The number of para-hydroxylation sites is 1. The number of piperidine rings is 1. The van der Waals surface area contributed by atoms with Gasteiger partial charge in [-0.2, -0.15) is 0 Å². The van der Waals surface area contributed by atoms with E-state index in [1.165, 1.54) is 22.2 Å². The quantitative estimate of drug-likeness (QED) is 0.178. The number of hydrogen-bond acceptors (Lipinski definition) is 5. The Kier molecular flexibility index (Phi) is 14.3. The molecular weight excluding hydrogens is 562 g/mol. The fourth-order valence-electron chi connectivity index (χ4n) is 5.50. The van der Waals surface area contributed by atoms with Crippen molar-refractivity contribution in [1.82, 2.24) is 14.8 Å². The summed E-state index contributed by atoms with van der Waals surface area (Å²) in [5, 5.41) is 4.35. The standard InChI is InChI=1S/C15H20N2O2.C12H13NO.C10H16N2/c16-14(18)7-6-12-8-10-17(11-9-12)15(19)13-4-2-1-3-5-13;1-9(6-7-14)11-8-13-12-5-3-2-4-10(11)12;1-11-10-6-4-5-9(7-10)8-12(2)3/h1-5,12H,6-11H2,(H2,16,18);2-5,7-9,13H,6H2,1H3;4-7,11H,8H2,1-3H3. The molecule has 0 aliphatic carbocycles. The summed E-state index contributed by atoms with van der Waals surface area (Å²) in [5.41, 5.74) is 10.8. The molecule has 2 heterocycles. The molecule has 4 aromatic rings. The van der Waals surface area contributed by atoms with Gasteiger partial charge >= 0.3 is 0 Å². The Labute approximate surface area is 268 Å². The number of rotatable bonds is 10. The van der Waals surface area contributed by atoms with Crippen molar-refractivity contribution in [2.75, 3.05) is 39.5 Å². The SMILES string of the molecule is CC(CC=O)c1c[nH]c2ccccc12.CNc1cccc(CN(C)C)c1.NC(=O)CCC1CCN(C(=O)c2ccccc2)CC1. The summed E-state index contributed by atoms with van der Waals surface area (Å²) in [7, 11) is 6.09. The van der Waals surface area contributed by atoms with Crippen LogP contribution in [0.4, 0.5) is 5.69 Å². The third kappa shape index (κ3) is 11.5. The van der Waals surface area contributed by atoms with Crippen LogP contribution < -0.4 is 11.1 Å². The Hall–Kier alpha value is -4.43. The summed E-state index contributed by atoms with van der Waals surface area (Å²) in [6.07, 6.45) is 6.80. The van der Waals surface area contributed by atoms with Crippen LogP contribution in [-0.4, -0.2) is 67.1 Å². The second kappa shape index (κ2) is 18.4. The molecule has 2 amide bonds. The van der Waals surface area contributed by atoms with Crippen LogP contribution in [0.1, 0.15) is 66.4 Å². The van der Waals surface area contributed by atoms with Crippen LogP contribution in [0.5, 0.6) is 0 Å². The normalized spacial score (nSPS) is 13.7. The van der Waals surface area contributed by atoms with E-state index < -0.39 is 0 Å². The number of aromatic amines is 1. The lowest BCUT2D eigenvalue weighted by atomic mass is 9.92. The van der Waals surface area contributed by atoms with Gasteiger partial charge in [-0.25, -0.2) is 0 Å². The molecule has 1 aliphatic rings. The highest BCUT2D eigenvalue weighted by Gasteiger charge is 2.23. The van der Waals surface area contributed by atoms with Crippen molar-refractivity contribution in [1.29, 1.82) is 0 Å². The number of benzene rings is 3. The fraction of sp³-hybridized carbons (Fsp3) is 0.378. The maximum Gasteiger partial charge on any atom is 0.253 e. The Morgan fingerprint density at radius 2 is 1.71 bits per heavy atom. The monoisotopic (exact) mass is 611 g/mol. The molecule has 4 N–H and O–H groups in total. The second-order valence-corrected chi connectivity index (χ2v) is 11.9. The van der Waals surface area contributed by atoms with Crippen LogP contribution in [0, 0.1) is 5.92 Å². The van der Waals surface area contributed by atoms with E-state index in [0.29, 0.717) is 24.7 Å². The number of carbonyl (C=O) groups is 3. The van der Waals surface area contributed by atoms with Crippen molar-refractivity contribution in [2.45, 2.75) is 51.5 Å². The van der Waals surface area contributed by atoms with Gasteiger partial charge in [-0.1, -0.05) is 55.5 Å². The highest BCUT2D eigenvalue weighted by molar-refractivity contribution is 5.94. The molecule has 0 bridgehead atoms. The topological polar surface area (TPSA) is 112 Å². The molecule has 1 aliphatic heterocycles. The zero-order valence-corrected chi connectivity index (χ0v) is 27.2. The van der Waals surface area contributed by atoms with Crippen molar-refractivity contribution in [3.63, 3.8) is 0 Å². The number of primary amides is 1. The lowest BCUT2D eigenvalue weighted by Gasteiger charge is -2.32. The summed E-state index contributed by atoms with van der Waals surface area (Å²) < 4.78 is 0. The van der Waals surface area contributed by atoms with Crippen molar-refractivity contribution >= 4 is 34.7 Å². The van der Waals surface area contributed by atoms with Crippen molar-refractivity contribution in [3.8, 4) is 0 Å². The van der Waals surface area contributed by atoms with Crippen molar-refractivity contribution in [2.24, 2.45) is 11.7 Å². The number of H-pyrrole nitrogens is 1. The van der Waals surface area contributed by atoms with Gasteiger partial charge in [-0.15, -0.1) is 0 Å². The smallest absolute Gasteiger partial charge is 0.253 e. The van der Waals surface area contributed by atoms with Crippen LogP contribution in [0.3, 0.4) is 0 Å². The number of fused-ring (bicyclic) bond motifs is 1. The van der Waals surface area contributed by atoms with Gasteiger partial charge in [-0.3, -0.25) is 9.59 Å². The van der Waals surface area contributed by atoms with E-state index in [-0.39, 0.29) is 11.8 Å². The Morgan fingerprint density at radius 1 is 1.02 bits per heavy atom. The zero-order chi connectivity index (χ0) is 32.6. The maximum absolute atomic E-state index is 12.2. The van der Waals surface area contributed by atoms with Gasteiger partial charge in [0.15, 0.2) is 0 Å².